The number of aromatic nitrogens is 3. The van der Waals surface area contributed by atoms with E-state index in [0.717, 1.165) is 25.2 Å². The van der Waals surface area contributed by atoms with E-state index in [1.807, 2.05) is 0 Å². The average Bonchev–Trinajstić information content (AvgIpc) is 3.15. The molecule has 0 amide bonds. The van der Waals surface area contributed by atoms with E-state index in [1.165, 1.54) is 28.6 Å². The van der Waals surface area contributed by atoms with Gasteiger partial charge in [0.1, 0.15) is 18.2 Å². The van der Waals surface area contributed by atoms with E-state index in [2.05, 4.69) is 10.2 Å². The number of ether oxygens (including phenoxy) is 2. The Labute approximate surface area is 131 Å². The minimum Gasteiger partial charge on any atom is -0.486 e. The lowest BCUT2D eigenvalue weighted by atomic mass is 10.3. The molecule has 2 aromatic rings. The highest BCUT2D eigenvalue weighted by molar-refractivity contribution is 7.99. The van der Waals surface area contributed by atoms with Gasteiger partial charge in [-0.1, -0.05) is 11.8 Å². The number of thioether (sulfide) groups is 1. The number of halogens is 1. The normalized spacial score (nSPS) is 17.8. The molecule has 0 radical (unpaired) electrons. The van der Waals surface area contributed by atoms with Crippen LogP contribution in [0.3, 0.4) is 0 Å². The minimum atomic E-state index is -0.304. The Morgan fingerprint density at radius 2 is 2.18 bits per heavy atom. The highest BCUT2D eigenvalue weighted by Crippen LogP contribution is 2.22. The van der Waals surface area contributed by atoms with Crippen molar-refractivity contribution in [1.82, 2.24) is 14.9 Å². The zero-order valence-corrected chi connectivity index (χ0v) is 12.8. The molecule has 1 aliphatic rings. The summed E-state index contributed by atoms with van der Waals surface area (Å²) < 4.78 is 25.3. The SMILES string of the molecule is Nn1c(COc2ccc(F)cc2)nnc1SCC1CCCO1. The van der Waals surface area contributed by atoms with Gasteiger partial charge in [-0.25, -0.2) is 9.07 Å². The van der Waals surface area contributed by atoms with Crippen LogP contribution in [-0.2, 0) is 11.3 Å². The van der Waals surface area contributed by atoms with Crippen molar-refractivity contribution in [3.8, 4) is 5.75 Å². The Kier molecular flexibility index (Phi) is 4.79. The largest absolute Gasteiger partial charge is 0.486 e. The maximum atomic E-state index is 12.8. The Bertz CT molecular complexity index is 614. The molecule has 8 heteroatoms. The topological polar surface area (TPSA) is 75.2 Å². The van der Waals surface area contributed by atoms with E-state index >= 15 is 0 Å². The summed E-state index contributed by atoms with van der Waals surface area (Å²) in [5, 5.41) is 8.71. The van der Waals surface area contributed by atoms with Gasteiger partial charge in [-0.15, -0.1) is 10.2 Å². The van der Waals surface area contributed by atoms with Gasteiger partial charge in [-0.05, 0) is 37.1 Å². The molecule has 1 fully saturated rings. The molecule has 1 unspecified atom stereocenters. The third-order valence-electron chi connectivity index (χ3n) is 3.34. The molecule has 1 aromatic heterocycles. The summed E-state index contributed by atoms with van der Waals surface area (Å²) in [5.74, 6) is 7.54. The van der Waals surface area contributed by atoms with E-state index in [1.54, 1.807) is 12.1 Å². The van der Waals surface area contributed by atoms with Crippen molar-refractivity contribution in [1.29, 1.82) is 0 Å². The van der Waals surface area contributed by atoms with Crippen molar-refractivity contribution in [2.45, 2.75) is 30.7 Å². The van der Waals surface area contributed by atoms with Crippen LogP contribution < -0.4 is 10.6 Å². The molecule has 1 saturated heterocycles. The second kappa shape index (κ2) is 6.97. The van der Waals surface area contributed by atoms with Gasteiger partial charge in [-0.3, -0.25) is 0 Å². The fraction of sp³-hybridized carbons (Fsp3) is 0.429. The number of hydrogen-bond acceptors (Lipinski definition) is 6. The fourth-order valence-electron chi connectivity index (χ4n) is 2.13. The molecule has 6 nitrogen and oxygen atoms in total. The fourth-order valence-corrected chi connectivity index (χ4v) is 3.07. The number of hydrogen-bond donors (Lipinski definition) is 1. The molecule has 22 heavy (non-hydrogen) atoms. The van der Waals surface area contributed by atoms with E-state index in [0.29, 0.717) is 16.7 Å². The van der Waals surface area contributed by atoms with Crippen molar-refractivity contribution in [2.75, 3.05) is 18.2 Å². The maximum absolute atomic E-state index is 12.8. The lowest BCUT2D eigenvalue weighted by Crippen LogP contribution is -2.17. The second-order valence-electron chi connectivity index (χ2n) is 4.96. The summed E-state index contributed by atoms with van der Waals surface area (Å²) in [5.41, 5.74) is 0. The van der Waals surface area contributed by atoms with E-state index in [9.17, 15) is 4.39 Å². The summed E-state index contributed by atoms with van der Waals surface area (Å²) in [6, 6.07) is 5.79. The van der Waals surface area contributed by atoms with Gasteiger partial charge in [0.05, 0.1) is 6.10 Å². The first kappa shape index (κ1) is 15.1. The van der Waals surface area contributed by atoms with Crippen LogP contribution in [0.1, 0.15) is 18.7 Å². The number of nitrogen functional groups attached to an aromatic ring is 1. The van der Waals surface area contributed by atoms with Gasteiger partial charge >= 0.3 is 0 Å². The predicted molar refractivity (Wildman–Crippen MR) is 80.6 cm³/mol. The van der Waals surface area contributed by atoms with Gasteiger partial charge in [0.2, 0.25) is 5.16 Å². The van der Waals surface area contributed by atoms with Crippen LogP contribution in [0.4, 0.5) is 4.39 Å². The summed E-state index contributed by atoms with van der Waals surface area (Å²) in [4.78, 5) is 0. The number of rotatable bonds is 6. The zero-order valence-electron chi connectivity index (χ0n) is 11.9. The average molecular weight is 324 g/mol. The molecule has 2 N–H and O–H groups in total. The Balaban J connectivity index is 1.54. The molecular formula is C14H17FN4O2S. The molecule has 118 valence electrons. The van der Waals surface area contributed by atoms with Crippen molar-refractivity contribution in [3.05, 3.63) is 35.9 Å². The Hall–Kier alpha value is -1.80. The first-order chi connectivity index (χ1) is 10.7. The molecule has 1 aliphatic heterocycles. The van der Waals surface area contributed by atoms with Gasteiger partial charge in [0.15, 0.2) is 5.82 Å². The van der Waals surface area contributed by atoms with Crippen LogP contribution in [0.25, 0.3) is 0 Å². The van der Waals surface area contributed by atoms with Crippen LogP contribution in [0.15, 0.2) is 29.4 Å². The molecular weight excluding hydrogens is 307 g/mol. The van der Waals surface area contributed by atoms with Gasteiger partial charge < -0.3 is 15.3 Å². The van der Waals surface area contributed by atoms with Gasteiger partial charge in [0, 0.05) is 12.4 Å². The van der Waals surface area contributed by atoms with Crippen molar-refractivity contribution in [3.63, 3.8) is 0 Å². The lowest BCUT2D eigenvalue weighted by Gasteiger charge is -2.08. The highest BCUT2D eigenvalue weighted by atomic mass is 32.2. The molecule has 2 heterocycles. The number of nitrogens with two attached hydrogens (primary N) is 1. The van der Waals surface area contributed by atoms with Crippen molar-refractivity contribution < 1.29 is 13.9 Å². The molecule has 0 spiro atoms. The predicted octanol–water partition coefficient (Wildman–Crippen LogP) is 1.98. The first-order valence-electron chi connectivity index (χ1n) is 7.04. The Morgan fingerprint density at radius 1 is 1.36 bits per heavy atom. The van der Waals surface area contributed by atoms with E-state index in [-0.39, 0.29) is 18.5 Å². The molecule has 0 bridgehead atoms. The van der Waals surface area contributed by atoms with Crippen LogP contribution >= 0.6 is 11.8 Å². The van der Waals surface area contributed by atoms with E-state index in [4.69, 9.17) is 15.3 Å². The van der Waals surface area contributed by atoms with E-state index < -0.39 is 0 Å². The quantitative estimate of drug-likeness (QED) is 0.647. The molecule has 0 aliphatic carbocycles. The molecule has 1 aromatic carbocycles. The van der Waals surface area contributed by atoms with Crippen LogP contribution in [0.5, 0.6) is 5.75 Å². The first-order valence-corrected chi connectivity index (χ1v) is 8.03. The van der Waals surface area contributed by atoms with Gasteiger partial charge in [0.25, 0.3) is 0 Å². The van der Waals surface area contributed by atoms with Crippen LogP contribution in [0, 0.1) is 5.82 Å². The Morgan fingerprint density at radius 3 is 2.91 bits per heavy atom. The third-order valence-corrected chi connectivity index (χ3v) is 4.41. The maximum Gasteiger partial charge on any atom is 0.209 e. The number of benzene rings is 1. The van der Waals surface area contributed by atoms with Crippen LogP contribution in [-0.4, -0.2) is 33.3 Å². The zero-order chi connectivity index (χ0) is 15.4. The monoisotopic (exact) mass is 324 g/mol. The summed E-state index contributed by atoms with van der Waals surface area (Å²) in [6.07, 6.45) is 2.45. The second-order valence-corrected chi connectivity index (χ2v) is 5.94. The minimum absolute atomic E-state index is 0.176. The number of nitrogens with zero attached hydrogens (tertiary/aromatic N) is 3. The summed E-state index contributed by atoms with van der Waals surface area (Å²) >= 11 is 1.52. The highest BCUT2D eigenvalue weighted by Gasteiger charge is 2.18. The molecule has 1 atom stereocenters. The molecule has 3 rings (SSSR count). The molecule has 0 saturated carbocycles. The van der Waals surface area contributed by atoms with Crippen LogP contribution in [0.2, 0.25) is 0 Å². The summed E-state index contributed by atoms with van der Waals surface area (Å²) in [6.45, 7) is 1.01. The lowest BCUT2D eigenvalue weighted by molar-refractivity contribution is 0.129. The standard InChI is InChI=1S/C14H17FN4O2S/c15-10-3-5-11(6-4-10)21-8-13-17-18-14(19(13)16)22-9-12-2-1-7-20-12/h3-6,12H,1-2,7-9,16H2. The van der Waals surface area contributed by atoms with Crippen molar-refractivity contribution in [2.24, 2.45) is 0 Å². The third kappa shape index (κ3) is 3.69. The smallest absolute Gasteiger partial charge is 0.209 e. The van der Waals surface area contributed by atoms with Crippen molar-refractivity contribution >= 4 is 11.8 Å². The summed E-state index contributed by atoms with van der Waals surface area (Å²) in [7, 11) is 0. The van der Waals surface area contributed by atoms with Gasteiger partial charge in [-0.2, -0.15) is 0 Å².